The van der Waals surface area contributed by atoms with Crippen LogP contribution >= 0.6 is 0 Å². The third-order valence-corrected chi connectivity index (χ3v) is 5.98. The second-order valence-electron chi connectivity index (χ2n) is 8.36. The van der Waals surface area contributed by atoms with Crippen molar-refractivity contribution in [2.45, 2.75) is 38.3 Å². The van der Waals surface area contributed by atoms with Crippen LogP contribution in [0.1, 0.15) is 40.7 Å². The number of amides is 3. The maximum absolute atomic E-state index is 12.6. The molecular formula is C24H28N4O3. The van der Waals surface area contributed by atoms with Crippen molar-refractivity contribution >= 4 is 23.4 Å². The Balaban J connectivity index is 1.32. The molecule has 3 N–H and O–H groups in total. The summed E-state index contributed by atoms with van der Waals surface area (Å²) in [6, 6.07) is 15.6. The number of nitrogens with one attached hydrogen (secondary N) is 3. The van der Waals surface area contributed by atoms with E-state index in [0.717, 1.165) is 12.1 Å². The van der Waals surface area contributed by atoms with E-state index >= 15 is 0 Å². The van der Waals surface area contributed by atoms with Gasteiger partial charge in [0.25, 0.3) is 5.91 Å². The predicted molar refractivity (Wildman–Crippen MR) is 119 cm³/mol. The van der Waals surface area contributed by atoms with Crippen molar-refractivity contribution < 1.29 is 14.4 Å². The van der Waals surface area contributed by atoms with E-state index in [2.05, 4.69) is 22.0 Å². The summed E-state index contributed by atoms with van der Waals surface area (Å²) < 4.78 is 0. The minimum absolute atomic E-state index is 0.0350. The molecule has 2 aromatic rings. The van der Waals surface area contributed by atoms with Gasteiger partial charge in [-0.05, 0) is 37.5 Å². The zero-order valence-corrected chi connectivity index (χ0v) is 17.7. The summed E-state index contributed by atoms with van der Waals surface area (Å²) in [6.45, 7) is 3.01. The SMILES string of the molecule is Cc1cccc(CCNC(=O)CN2CC[C@@]3(CCC2=O)NC(=O)c2ccccc2N3)c1. The zero-order valence-electron chi connectivity index (χ0n) is 17.7. The van der Waals surface area contributed by atoms with Gasteiger partial charge in [0.05, 0.1) is 12.1 Å². The van der Waals surface area contributed by atoms with Crippen LogP contribution in [-0.4, -0.2) is 47.9 Å². The van der Waals surface area contributed by atoms with E-state index in [1.165, 1.54) is 11.1 Å². The molecule has 1 spiro atoms. The number of carbonyl (C=O) groups excluding carboxylic acids is 3. The molecule has 0 radical (unpaired) electrons. The lowest BCUT2D eigenvalue weighted by Gasteiger charge is -2.39. The molecule has 2 heterocycles. The standard InChI is InChI=1S/C24H28N4O3/c1-17-5-4-6-18(15-17)10-13-25-21(29)16-28-14-12-24(11-9-22(28)30)26-20-8-3-2-7-19(20)23(31)27-24/h2-8,15,26H,9-14,16H2,1H3,(H,25,29)(H,27,31)/t24-/m1/s1. The van der Waals surface area contributed by atoms with Gasteiger partial charge in [0.1, 0.15) is 5.66 Å². The van der Waals surface area contributed by atoms with Gasteiger partial charge in [-0.2, -0.15) is 0 Å². The van der Waals surface area contributed by atoms with E-state index < -0.39 is 5.66 Å². The van der Waals surface area contributed by atoms with Gasteiger partial charge in [-0.15, -0.1) is 0 Å². The highest BCUT2D eigenvalue weighted by Gasteiger charge is 2.40. The number of carbonyl (C=O) groups is 3. The van der Waals surface area contributed by atoms with Crippen LogP contribution in [0, 0.1) is 6.92 Å². The number of likely N-dealkylation sites (tertiary alicyclic amines) is 1. The lowest BCUT2D eigenvalue weighted by atomic mass is 9.95. The van der Waals surface area contributed by atoms with Gasteiger partial charge in [-0.25, -0.2) is 0 Å². The Morgan fingerprint density at radius 1 is 1.10 bits per heavy atom. The molecule has 2 aliphatic rings. The summed E-state index contributed by atoms with van der Waals surface area (Å²) in [6.07, 6.45) is 2.04. The summed E-state index contributed by atoms with van der Waals surface area (Å²) in [5.74, 6) is -0.368. The first kappa shape index (κ1) is 20.9. The van der Waals surface area contributed by atoms with Crippen LogP contribution in [0.5, 0.6) is 0 Å². The molecule has 0 unspecified atom stereocenters. The Morgan fingerprint density at radius 2 is 1.94 bits per heavy atom. The van der Waals surface area contributed by atoms with E-state index in [9.17, 15) is 14.4 Å². The number of hydrogen-bond donors (Lipinski definition) is 3. The van der Waals surface area contributed by atoms with Gasteiger partial charge in [-0.1, -0.05) is 42.0 Å². The molecular weight excluding hydrogens is 392 g/mol. The monoisotopic (exact) mass is 420 g/mol. The number of aryl methyl sites for hydroxylation is 1. The van der Waals surface area contributed by atoms with Crippen LogP contribution in [0.2, 0.25) is 0 Å². The molecule has 3 amide bonds. The highest BCUT2D eigenvalue weighted by Crippen LogP contribution is 2.31. The fourth-order valence-corrected chi connectivity index (χ4v) is 4.28. The lowest BCUT2D eigenvalue weighted by Crippen LogP contribution is -2.58. The molecule has 1 fully saturated rings. The molecule has 162 valence electrons. The minimum atomic E-state index is -0.669. The van der Waals surface area contributed by atoms with Crippen LogP contribution in [0.25, 0.3) is 0 Å². The summed E-state index contributed by atoms with van der Waals surface area (Å²) in [4.78, 5) is 39.2. The van der Waals surface area contributed by atoms with Crippen molar-refractivity contribution in [2.75, 3.05) is 25.0 Å². The largest absolute Gasteiger partial charge is 0.362 e. The number of nitrogens with zero attached hydrogens (tertiary/aromatic N) is 1. The highest BCUT2D eigenvalue weighted by molar-refractivity contribution is 6.02. The van der Waals surface area contributed by atoms with E-state index in [-0.39, 0.29) is 30.7 Å². The second-order valence-corrected chi connectivity index (χ2v) is 8.36. The van der Waals surface area contributed by atoms with E-state index in [0.29, 0.717) is 31.5 Å². The normalized spacial score (nSPS) is 20.5. The molecule has 0 bridgehead atoms. The van der Waals surface area contributed by atoms with E-state index in [4.69, 9.17) is 0 Å². The number of hydrogen-bond acceptors (Lipinski definition) is 4. The van der Waals surface area contributed by atoms with Crippen molar-refractivity contribution in [3.8, 4) is 0 Å². The van der Waals surface area contributed by atoms with Gasteiger partial charge in [0.2, 0.25) is 11.8 Å². The molecule has 1 saturated heterocycles. The number of benzene rings is 2. The van der Waals surface area contributed by atoms with Crippen LogP contribution < -0.4 is 16.0 Å². The quantitative estimate of drug-likeness (QED) is 0.692. The predicted octanol–water partition coefficient (Wildman–Crippen LogP) is 2.22. The van der Waals surface area contributed by atoms with Crippen molar-refractivity contribution in [3.05, 3.63) is 65.2 Å². The molecule has 31 heavy (non-hydrogen) atoms. The lowest BCUT2D eigenvalue weighted by molar-refractivity contribution is -0.135. The van der Waals surface area contributed by atoms with Gasteiger partial charge < -0.3 is 20.9 Å². The summed E-state index contributed by atoms with van der Waals surface area (Å²) in [5.41, 5.74) is 3.08. The van der Waals surface area contributed by atoms with Gasteiger partial charge in [-0.3, -0.25) is 14.4 Å². The van der Waals surface area contributed by atoms with Crippen LogP contribution in [-0.2, 0) is 16.0 Å². The molecule has 4 rings (SSSR count). The second kappa shape index (κ2) is 8.79. The minimum Gasteiger partial charge on any atom is -0.362 e. The molecule has 7 nitrogen and oxygen atoms in total. The number of rotatable bonds is 5. The van der Waals surface area contributed by atoms with E-state index in [1.807, 2.05) is 43.3 Å². The summed E-state index contributed by atoms with van der Waals surface area (Å²) >= 11 is 0. The fraction of sp³-hybridized carbons (Fsp3) is 0.375. The molecule has 2 aromatic carbocycles. The van der Waals surface area contributed by atoms with Crippen molar-refractivity contribution in [2.24, 2.45) is 0 Å². The van der Waals surface area contributed by atoms with Gasteiger partial charge >= 0.3 is 0 Å². The van der Waals surface area contributed by atoms with Crippen molar-refractivity contribution in [3.63, 3.8) is 0 Å². The third-order valence-electron chi connectivity index (χ3n) is 5.98. The number of anilines is 1. The summed E-state index contributed by atoms with van der Waals surface area (Å²) in [5, 5.41) is 9.38. The zero-order chi connectivity index (χ0) is 21.8. The average molecular weight is 421 g/mol. The van der Waals surface area contributed by atoms with Crippen molar-refractivity contribution in [1.82, 2.24) is 15.5 Å². The molecule has 7 heteroatoms. The van der Waals surface area contributed by atoms with Crippen molar-refractivity contribution in [1.29, 1.82) is 0 Å². The Morgan fingerprint density at radius 3 is 2.77 bits per heavy atom. The molecule has 0 saturated carbocycles. The molecule has 1 atom stereocenters. The maximum Gasteiger partial charge on any atom is 0.255 e. The van der Waals surface area contributed by atoms with Crippen LogP contribution in [0.4, 0.5) is 5.69 Å². The Labute approximate surface area is 182 Å². The first-order valence-corrected chi connectivity index (χ1v) is 10.7. The van der Waals surface area contributed by atoms with Crippen LogP contribution in [0.3, 0.4) is 0 Å². The Hall–Kier alpha value is -3.35. The molecule has 2 aliphatic heterocycles. The topological polar surface area (TPSA) is 90.5 Å². The van der Waals surface area contributed by atoms with Gasteiger partial charge in [0, 0.05) is 31.6 Å². The first-order chi connectivity index (χ1) is 14.9. The number of para-hydroxylation sites is 1. The molecule has 0 aromatic heterocycles. The Bertz CT molecular complexity index is 1010. The highest BCUT2D eigenvalue weighted by atomic mass is 16.2. The Kier molecular flexibility index (Phi) is 5.93. The van der Waals surface area contributed by atoms with E-state index in [1.54, 1.807) is 11.0 Å². The molecule has 0 aliphatic carbocycles. The summed E-state index contributed by atoms with van der Waals surface area (Å²) in [7, 11) is 0. The first-order valence-electron chi connectivity index (χ1n) is 10.7. The number of fused-ring (bicyclic) bond motifs is 1. The third kappa shape index (κ3) is 4.87. The maximum atomic E-state index is 12.6. The van der Waals surface area contributed by atoms with Crippen LogP contribution in [0.15, 0.2) is 48.5 Å². The average Bonchev–Trinajstić information content (AvgIpc) is 2.88. The van der Waals surface area contributed by atoms with Gasteiger partial charge in [0.15, 0.2) is 0 Å². The fourth-order valence-electron chi connectivity index (χ4n) is 4.28. The smallest absolute Gasteiger partial charge is 0.255 e.